The van der Waals surface area contributed by atoms with Crippen LogP contribution in [-0.2, 0) is 19.1 Å². The van der Waals surface area contributed by atoms with E-state index in [9.17, 15) is 14.7 Å². The van der Waals surface area contributed by atoms with Crippen molar-refractivity contribution in [1.29, 1.82) is 0 Å². The van der Waals surface area contributed by atoms with Crippen LogP contribution in [0, 0.1) is 0 Å². The van der Waals surface area contributed by atoms with Crippen molar-refractivity contribution >= 4 is 11.9 Å². The molecule has 1 aliphatic rings. The summed E-state index contributed by atoms with van der Waals surface area (Å²) in [5.41, 5.74) is 1.01. The highest BCUT2D eigenvalue weighted by Gasteiger charge is 2.32. The van der Waals surface area contributed by atoms with E-state index in [0.717, 1.165) is 0 Å². The average molecular weight is 238 g/mol. The number of ether oxygens (including phenoxy) is 2. The molecule has 5 heteroatoms. The van der Waals surface area contributed by atoms with Gasteiger partial charge in [-0.05, 0) is 25.5 Å². The van der Waals surface area contributed by atoms with Gasteiger partial charge in [-0.15, -0.1) is 0 Å². The lowest BCUT2D eigenvalue weighted by Gasteiger charge is -2.07. The highest BCUT2D eigenvalue weighted by atomic mass is 16.5. The molecule has 1 N–H and O–H groups in total. The molecule has 0 aromatic heterocycles. The SMILES string of the molecule is COC(=O)C1=C(C(=O)OC)C(=C(C)O)C=C1C. The van der Waals surface area contributed by atoms with Gasteiger partial charge in [0, 0.05) is 5.57 Å². The van der Waals surface area contributed by atoms with Crippen LogP contribution >= 0.6 is 0 Å². The van der Waals surface area contributed by atoms with Gasteiger partial charge < -0.3 is 14.6 Å². The van der Waals surface area contributed by atoms with Crippen molar-refractivity contribution in [2.24, 2.45) is 0 Å². The minimum absolute atomic E-state index is 0.0388. The van der Waals surface area contributed by atoms with Crippen LogP contribution in [0.15, 0.2) is 34.1 Å². The summed E-state index contributed by atoms with van der Waals surface area (Å²) in [6.45, 7) is 3.09. The summed E-state index contributed by atoms with van der Waals surface area (Å²) >= 11 is 0. The fourth-order valence-electron chi connectivity index (χ4n) is 1.66. The van der Waals surface area contributed by atoms with Gasteiger partial charge in [-0.1, -0.05) is 0 Å². The van der Waals surface area contributed by atoms with Crippen LogP contribution in [0.2, 0.25) is 0 Å². The second kappa shape index (κ2) is 4.86. The first-order chi connectivity index (χ1) is 7.93. The Balaban J connectivity index is 3.48. The molecule has 0 amide bonds. The maximum Gasteiger partial charge on any atom is 0.339 e. The van der Waals surface area contributed by atoms with Crippen LogP contribution in [0.25, 0.3) is 0 Å². The third kappa shape index (κ3) is 2.22. The van der Waals surface area contributed by atoms with Gasteiger partial charge >= 0.3 is 11.9 Å². The highest BCUT2D eigenvalue weighted by Crippen LogP contribution is 2.33. The molecule has 0 aliphatic heterocycles. The molecule has 0 aromatic rings. The van der Waals surface area contributed by atoms with Crippen molar-refractivity contribution < 1.29 is 24.2 Å². The maximum atomic E-state index is 11.6. The van der Waals surface area contributed by atoms with E-state index in [-0.39, 0.29) is 22.5 Å². The molecule has 0 fully saturated rings. The zero-order valence-electron chi connectivity index (χ0n) is 10.2. The maximum absolute atomic E-state index is 11.6. The van der Waals surface area contributed by atoms with E-state index < -0.39 is 11.9 Å². The Bertz CT molecular complexity index is 461. The Morgan fingerprint density at radius 1 is 1.12 bits per heavy atom. The molecule has 1 rings (SSSR count). The first-order valence-corrected chi connectivity index (χ1v) is 4.93. The summed E-state index contributed by atoms with van der Waals surface area (Å²) < 4.78 is 9.21. The Morgan fingerprint density at radius 2 is 1.59 bits per heavy atom. The number of allylic oxidation sites excluding steroid dienone is 2. The quantitative estimate of drug-likeness (QED) is 0.581. The fourth-order valence-corrected chi connectivity index (χ4v) is 1.66. The number of aliphatic hydroxyl groups is 1. The van der Waals surface area contributed by atoms with Crippen molar-refractivity contribution in [3.05, 3.63) is 34.1 Å². The molecule has 5 nitrogen and oxygen atoms in total. The summed E-state index contributed by atoms with van der Waals surface area (Å²) in [6, 6.07) is 0. The van der Waals surface area contributed by atoms with E-state index >= 15 is 0 Å². The number of hydrogen-bond donors (Lipinski definition) is 1. The highest BCUT2D eigenvalue weighted by molar-refractivity contribution is 6.09. The lowest BCUT2D eigenvalue weighted by atomic mass is 10.0. The molecule has 0 radical (unpaired) electrons. The zero-order chi connectivity index (χ0) is 13.2. The molecule has 0 unspecified atom stereocenters. The van der Waals surface area contributed by atoms with Crippen LogP contribution in [0.4, 0.5) is 0 Å². The third-order valence-electron chi connectivity index (χ3n) is 2.44. The molecular formula is C12H14O5. The van der Waals surface area contributed by atoms with Gasteiger partial charge in [-0.25, -0.2) is 9.59 Å². The fraction of sp³-hybridized carbons (Fsp3) is 0.333. The van der Waals surface area contributed by atoms with Crippen molar-refractivity contribution in [3.63, 3.8) is 0 Å². The second-order valence-electron chi connectivity index (χ2n) is 3.56. The first kappa shape index (κ1) is 13.0. The molecule has 0 heterocycles. The molecule has 0 aromatic carbocycles. The van der Waals surface area contributed by atoms with Gasteiger partial charge in [-0.3, -0.25) is 0 Å². The number of esters is 2. The normalized spacial score (nSPS) is 17.8. The standard InChI is InChI=1S/C12H14O5/c1-6-5-8(7(2)13)10(12(15)17-4)9(6)11(14)16-3/h5,13H,1-4H3. The van der Waals surface area contributed by atoms with Crippen molar-refractivity contribution in [1.82, 2.24) is 0 Å². The summed E-state index contributed by atoms with van der Waals surface area (Å²) in [7, 11) is 2.44. The molecule has 92 valence electrons. The van der Waals surface area contributed by atoms with E-state index in [0.29, 0.717) is 5.57 Å². The minimum atomic E-state index is -0.679. The number of hydrogen-bond acceptors (Lipinski definition) is 5. The molecule has 0 spiro atoms. The van der Waals surface area contributed by atoms with E-state index in [2.05, 4.69) is 9.47 Å². The van der Waals surface area contributed by atoms with Crippen LogP contribution < -0.4 is 0 Å². The average Bonchev–Trinajstić information content (AvgIpc) is 2.65. The van der Waals surface area contributed by atoms with Crippen molar-refractivity contribution in [2.75, 3.05) is 14.2 Å². The summed E-state index contributed by atoms with van der Waals surface area (Å²) in [6.07, 6.45) is 1.55. The number of methoxy groups -OCH3 is 2. The molecular weight excluding hydrogens is 224 g/mol. The second-order valence-corrected chi connectivity index (χ2v) is 3.56. The van der Waals surface area contributed by atoms with Crippen molar-refractivity contribution in [2.45, 2.75) is 13.8 Å². The molecule has 0 saturated heterocycles. The first-order valence-electron chi connectivity index (χ1n) is 4.93. The van der Waals surface area contributed by atoms with E-state index in [1.165, 1.54) is 21.1 Å². The molecule has 0 saturated carbocycles. The number of rotatable bonds is 2. The molecule has 0 atom stereocenters. The largest absolute Gasteiger partial charge is 0.512 e. The van der Waals surface area contributed by atoms with Gasteiger partial charge in [0.15, 0.2) is 0 Å². The Morgan fingerprint density at radius 3 is 2.00 bits per heavy atom. The van der Waals surface area contributed by atoms with Crippen LogP contribution in [0.1, 0.15) is 13.8 Å². The predicted molar refractivity (Wildman–Crippen MR) is 60.1 cm³/mol. The Labute approximate surface area is 99.0 Å². The van der Waals surface area contributed by atoms with E-state index in [1.54, 1.807) is 13.0 Å². The number of carbonyl (C=O) groups excluding carboxylic acids is 2. The van der Waals surface area contributed by atoms with Gasteiger partial charge in [0.05, 0.1) is 31.1 Å². The summed E-state index contributed by atoms with van der Waals surface area (Å²) in [5, 5.41) is 9.50. The number of carbonyl (C=O) groups is 2. The van der Waals surface area contributed by atoms with Gasteiger partial charge in [0.1, 0.15) is 0 Å². The Hall–Kier alpha value is -2.04. The summed E-state index contributed by atoms with van der Waals surface area (Å²) in [5.74, 6) is -1.36. The van der Waals surface area contributed by atoms with Gasteiger partial charge in [0.2, 0.25) is 0 Å². The lowest BCUT2D eigenvalue weighted by molar-refractivity contribution is -0.138. The smallest absolute Gasteiger partial charge is 0.339 e. The molecule has 17 heavy (non-hydrogen) atoms. The van der Waals surface area contributed by atoms with Crippen LogP contribution in [-0.4, -0.2) is 31.3 Å². The third-order valence-corrected chi connectivity index (χ3v) is 2.44. The summed E-state index contributed by atoms with van der Waals surface area (Å²) in [4.78, 5) is 23.2. The van der Waals surface area contributed by atoms with Crippen molar-refractivity contribution in [3.8, 4) is 0 Å². The zero-order valence-corrected chi connectivity index (χ0v) is 10.2. The molecule has 0 bridgehead atoms. The van der Waals surface area contributed by atoms with Crippen LogP contribution in [0.3, 0.4) is 0 Å². The monoisotopic (exact) mass is 238 g/mol. The predicted octanol–water partition coefficient (Wildman–Crippen LogP) is 1.42. The van der Waals surface area contributed by atoms with E-state index in [1.807, 2.05) is 0 Å². The lowest BCUT2D eigenvalue weighted by Crippen LogP contribution is -2.13. The minimum Gasteiger partial charge on any atom is -0.512 e. The van der Waals surface area contributed by atoms with Gasteiger partial charge in [-0.2, -0.15) is 0 Å². The number of aliphatic hydroxyl groups excluding tert-OH is 1. The molecule has 1 aliphatic carbocycles. The topological polar surface area (TPSA) is 72.8 Å². The van der Waals surface area contributed by atoms with Crippen LogP contribution in [0.5, 0.6) is 0 Å². The van der Waals surface area contributed by atoms with Gasteiger partial charge in [0.25, 0.3) is 0 Å². The van der Waals surface area contributed by atoms with E-state index in [4.69, 9.17) is 0 Å². The Kier molecular flexibility index (Phi) is 3.73.